The lowest BCUT2D eigenvalue weighted by Gasteiger charge is -2.34. The fourth-order valence-corrected chi connectivity index (χ4v) is 8.73. The van der Waals surface area contributed by atoms with E-state index in [2.05, 4.69) is 168 Å². The van der Waals surface area contributed by atoms with Gasteiger partial charge >= 0.3 is 0 Å². The summed E-state index contributed by atoms with van der Waals surface area (Å²) < 4.78 is 5.07. The zero-order chi connectivity index (χ0) is 31.1. The largest absolute Gasteiger partial charge is 0.349 e. The lowest BCUT2D eigenvalue weighted by Crippen LogP contribution is -2.30. The van der Waals surface area contributed by atoms with Crippen LogP contribution in [0.25, 0.3) is 58.4 Å². The number of rotatable bonds is 3. The summed E-state index contributed by atoms with van der Waals surface area (Å²) >= 11 is 1.89. The van der Waals surface area contributed by atoms with Gasteiger partial charge in [-0.25, -0.2) is 0 Å². The van der Waals surface area contributed by atoms with E-state index in [0.29, 0.717) is 0 Å². The summed E-state index contributed by atoms with van der Waals surface area (Å²) in [6, 6.07) is 55.0. The molecule has 222 valence electrons. The van der Waals surface area contributed by atoms with Gasteiger partial charge in [-0.15, -0.1) is 11.3 Å². The fourth-order valence-electron chi connectivity index (χ4n) is 7.60. The van der Waals surface area contributed by atoms with Crippen molar-refractivity contribution in [2.45, 2.75) is 6.17 Å². The van der Waals surface area contributed by atoms with Crippen LogP contribution >= 0.6 is 11.3 Å². The van der Waals surface area contributed by atoms with Crippen molar-refractivity contribution in [1.29, 1.82) is 0 Å². The Morgan fingerprint density at radius 3 is 2.19 bits per heavy atom. The minimum Gasteiger partial charge on any atom is -0.349 e. The van der Waals surface area contributed by atoms with Crippen molar-refractivity contribution >= 4 is 75.5 Å². The second-order valence-electron chi connectivity index (χ2n) is 12.4. The number of aliphatic imine (C=N–C) groups is 1. The summed E-state index contributed by atoms with van der Waals surface area (Å²) in [5, 5.41) is 7.86. The number of aromatic nitrogens is 1. The molecule has 7 aromatic carbocycles. The number of fused-ring (bicyclic) bond motifs is 9. The summed E-state index contributed by atoms with van der Waals surface area (Å²) in [6.07, 6.45) is -0.125. The number of thiophene rings is 1. The van der Waals surface area contributed by atoms with Gasteiger partial charge in [0, 0.05) is 60.5 Å². The van der Waals surface area contributed by atoms with Crippen LogP contribution in [0, 0.1) is 0 Å². The maximum absolute atomic E-state index is 5.35. The molecule has 0 fully saturated rings. The Hall–Kier alpha value is -5.71. The van der Waals surface area contributed by atoms with Crippen molar-refractivity contribution < 1.29 is 0 Å². The number of hydrogen-bond acceptors (Lipinski definition) is 3. The molecule has 0 spiro atoms. The third-order valence-electron chi connectivity index (χ3n) is 9.81. The zero-order valence-corrected chi connectivity index (χ0v) is 26.6. The Balaban J connectivity index is 1.14. The highest BCUT2D eigenvalue weighted by Crippen LogP contribution is 2.43. The summed E-state index contributed by atoms with van der Waals surface area (Å²) in [5.41, 5.74) is 9.30. The van der Waals surface area contributed by atoms with Crippen LogP contribution in [-0.4, -0.2) is 17.3 Å². The van der Waals surface area contributed by atoms with E-state index in [-0.39, 0.29) is 6.17 Å². The van der Waals surface area contributed by atoms with E-state index in [1.54, 1.807) is 0 Å². The van der Waals surface area contributed by atoms with Gasteiger partial charge in [-0.3, -0.25) is 4.99 Å². The van der Waals surface area contributed by atoms with Gasteiger partial charge in [-0.05, 0) is 58.8 Å². The van der Waals surface area contributed by atoms with Crippen LogP contribution < -0.4 is 4.90 Å². The number of para-hydroxylation sites is 2. The highest BCUT2D eigenvalue weighted by atomic mass is 32.1. The highest BCUT2D eigenvalue weighted by Gasteiger charge is 2.27. The van der Waals surface area contributed by atoms with Crippen molar-refractivity contribution in [3.8, 4) is 5.69 Å². The summed E-state index contributed by atoms with van der Waals surface area (Å²) in [4.78, 5) is 7.64. The van der Waals surface area contributed by atoms with Crippen molar-refractivity contribution in [2.75, 3.05) is 11.9 Å². The molecule has 47 heavy (non-hydrogen) atoms. The molecule has 0 amide bonds. The van der Waals surface area contributed by atoms with Gasteiger partial charge in [0.05, 0.1) is 16.7 Å². The standard InChI is InChI=1S/C43H29N3S/c1-45-36-17-9-8-16-33(36)42(28-12-3-2-4-13-28)44-43(45)29-19-22-30(23-20-29)46-37-18-10-7-15-32(37)34-25-35-40(26-38(34)46)47-39-24-21-27-11-5-6-14-31(27)41(35)39/h2-26,43H,1H3. The molecule has 0 radical (unpaired) electrons. The Labute approximate surface area is 276 Å². The van der Waals surface area contributed by atoms with E-state index in [9.17, 15) is 0 Å². The lowest BCUT2D eigenvalue weighted by molar-refractivity contribution is 0.698. The normalized spacial score (nSPS) is 14.8. The van der Waals surface area contributed by atoms with Crippen LogP contribution in [0.15, 0.2) is 157 Å². The molecule has 2 aromatic heterocycles. The first-order chi connectivity index (χ1) is 23.2. The van der Waals surface area contributed by atoms with E-state index in [1.807, 2.05) is 11.3 Å². The molecule has 0 N–H and O–H groups in total. The van der Waals surface area contributed by atoms with Crippen molar-refractivity contribution in [2.24, 2.45) is 4.99 Å². The first-order valence-corrected chi connectivity index (χ1v) is 16.9. The Morgan fingerprint density at radius 1 is 0.574 bits per heavy atom. The first kappa shape index (κ1) is 26.5. The van der Waals surface area contributed by atoms with E-state index < -0.39 is 0 Å². The summed E-state index contributed by atoms with van der Waals surface area (Å²) in [6.45, 7) is 0. The van der Waals surface area contributed by atoms with Gasteiger partial charge in [0.15, 0.2) is 0 Å². The molecule has 0 aliphatic carbocycles. The third kappa shape index (κ3) is 3.95. The molecular weight excluding hydrogens is 591 g/mol. The smallest absolute Gasteiger partial charge is 0.147 e. The maximum atomic E-state index is 5.35. The molecule has 1 atom stereocenters. The molecule has 0 bridgehead atoms. The van der Waals surface area contributed by atoms with Crippen LogP contribution in [-0.2, 0) is 0 Å². The van der Waals surface area contributed by atoms with Gasteiger partial charge in [0.2, 0.25) is 0 Å². The molecule has 1 unspecified atom stereocenters. The van der Waals surface area contributed by atoms with E-state index >= 15 is 0 Å². The van der Waals surface area contributed by atoms with E-state index in [1.165, 1.54) is 69.6 Å². The molecule has 0 saturated heterocycles. The molecule has 9 aromatic rings. The molecule has 3 nitrogen and oxygen atoms in total. The van der Waals surface area contributed by atoms with Crippen molar-refractivity contribution in [1.82, 2.24) is 4.57 Å². The topological polar surface area (TPSA) is 20.5 Å². The minimum absolute atomic E-state index is 0.125. The Bertz CT molecular complexity index is 2700. The van der Waals surface area contributed by atoms with Crippen LogP contribution in [0.2, 0.25) is 0 Å². The molecular formula is C43H29N3S. The van der Waals surface area contributed by atoms with Gasteiger partial charge in [-0.1, -0.05) is 109 Å². The minimum atomic E-state index is -0.125. The molecule has 4 heteroatoms. The van der Waals surface area contributed by atoms with Crippen LogP contribution in [0.5, 0.6) is 0 Å². The second kappa shape index (κ2) is 10.1. The van der Waals surface area contributed by atoms with E-state index in [0.717, 1.165) is 17.0 Å². The predicted molar refractivity (Wildman–Crippen MR) is 201 cm³/mol. The molecule has 1 aliphatic rings. The van der Waals surface area contributed by atoms with Gasteiger partial charge < -0.3 is 9.47 Å². The fraction of sp³-hybridized carbons (Fsp3) is 0.0465. The predicted octanol–water partition coefficient (Wildman–Crippen LogP) is 11.3. The first-order valence-electron chi connectivity index (χ1n) is 16.1. The van der Waals surface area contributed by atoms with Crippen LogP contribution in [0.4, 0.5) is 5.69 Å². The highest BCUT2D eigenvalue weighted by molar-refractivity contribution is 7.26. The van der Waals surface area contributed by atoms with Crippen molar-refractivity contribution in [3.63, 3.8) is 0 Å². The molecule has 10 rings (SSSR count). The maximum Gasteiger partial charge on any atom is 0.147 e. The zero-order valence-electron chi connectivity index (χ0n) is 25.8. The Morgan fingerprint density at radius 2 is 1.32 bits per heavy atom. The Kier molecular flexibility index (Phi) is 5.72. The third-order valence-corrected chi connectivity index (χ3v) is 10.9. The number of benzene rings is 7. The lowest BCUT2D eigenvalue weighted by atomic mass is 9.96. The van der Waals surface area contributed by atoms with Crippen molar-refractivity contribution in [3.05, 3.63) is 168 Å². The van der Waals surface area contributed by atoms with Gasteiger partial charge in [-0.2, -0.15) is 0 Å². The quantitative estimate of drug-likeness (QED) is 0.193. The average Bonchev–Trinajstić information content (AvgIpc) is 3.66. The summed E-state index contributed by atoms with van der Waals surface area (Å²) in [7, 11) is 2.15. The second-order valence-corrected chi connectivity index (χ2v) is 13.5. The number of anilines is 1. The van der Waals surface area contributed by atoms with Crippen LogP contribution in [0.1, 0.15) is 22.9 Å². The monoisotopic (exact) mass is 619 g/mol. The number of hydrogen-bond donors (Lipinski definition) is 0. The number of nitrogens with zero attached hydrogens (tertiary/aromatic N) is 3. The summed E-state index contributed by atoms with van der Waals surface area (Å²) in [5.74, 6) is 0. The molecule has 0 saturated carbocycles. The van der Waals surface area contributed by atoms with Gasteiger partial charge in [0.1, 0.15) is 6.17 Å². The van der Waals surface area contributed by atoms with Gasteiger partial charge in [0.25, 0.3) is 0 Å². The average molecular weight is 620 g/mol. The van der Waals surface area contributed by atoms with E-state index in [4.69, 9.17) is 4.99 Å². The SMILES string of the molecule is CN1c2ccccc2C(c2ccccc2)=NC1c1ccc(-n2c3ccccc3c3cc4c(cc32)sc2ccc3ccccc3c24)cc1. The molecule has 3 heterocycles. The molecule has 1 aliphatic heterocycles. The van der Waals surface area contributed by atoms with Crippen LogP contribution in [0.3, 0.4) is 0 Å².